The fraction of sp³-hybridized carbons (Fsp3) is 0.889. The fourth-order valence-electron chi connectivity index (χ4n) is 1.26. The van der Waals surface area contributed by atoms with E-state index in [1.807, 2.05) is 6.92 Å². The van der Waals surface area contributed by atoms with Gasteiger partial charge in [-0.15, -0.1) is 0 Å². The Hall–Kier alpha value is -0.550. The highest BCUT2D eigenvalue weighted by atomic mass is 14.9. The van der Waals surface area contributed by atoms with Crippen molar-refractivity contribution in [1.29, 1.82) is 5.26 Å². The van der Waals surface area contributed by atoms with Crippen molar-refractivity contribution >= 4 is 0 Å². The lowest BCUT2D eigenvalue weighted by Crippen LogP contribution is -2.28. The van der Waals surface area contributed by atoms with Gasteiger partial charge in [0.1, 0.15) is 0 Å². The quantitative estimate of drug-likeness (QED) is 0.663. The number of rotatable bonds is 4. The van der Waals surface area contributed by atoms with Crippen LogP contribution in [0.5, 0.6) is 0 Å². The zero-order valence-electron chi connectivity index (χ0n) is 7.30. The maximum absolute atomic E-state index is 8.61. The Morgan fingerprint density at radius 2 is 2.36 bits per heavy atom. The van der Waals surface area contributed by atoms with E-state index in [0.29, 0.717) is 0 Å². The molecule has 1 N–H and O–H groups in total. The third-order valence-electron chi connectivity index (χ3n) is 2.47. The second-order valence-electron chi connectivity index (χ2n) is 3.47. The zero-order chi connectivity index (χ0) is 8.27. The van der Waals surface area contributed by atoms with Crippen LogP contribution in [0.2, 0.25) is 0 Å². The van der Waals surface area contributed by atoms with E-state index >= 15 is 0 Å². The third kappa shape index (κ3) is 2.51. The third-order valence-corrected chi connectivity index (χ3v) is 2.47. The zero-order valence-corrected chi connectivity index (χ0v) is 7.30. The highest BCUT2D eigenvalue weighted by Gasteiger charge is 2.32. The minimum absolute atomic E-state index is 0.0720. The van der Waals surface area contributed by atoms with E-state index in [4.69, 9.17) is 5.26 Å². The summed E-state index contributed by atoms with van der Waals surface area (Å²) in [5, 5.41) is 11.9. The molecule has 1 rings (SSSR count). The maximum atomic E-state index is 8.61. The average Bonchev–Trinajstić information content (AvgIpc) is 2.69. The molecule has 0 heterocycles. The SMILES string of the molecule is CCC(C#N)NCC1CC1C. The Balaban J connectivity index is 2.07. The average molecular weight is 152 g/mol. The smallest absolute Gasteiger partial charge is 0.0950 e. The van der Waals surface area contributed by atoms with E-state index in [9.17, 15) is 0 Å². The second kappa shape index (κ2) is 3.73. The molecule has 11 heavy (non-hydrogen) atoms. The molecule has 0 bridgehead atoms. The summed E-state index contributed by atoms with van der Waals surface area (Å²) in [5.41, 5.74) is 0. The van der Waals surface area contributed by atoms with Crippen molar-refractivity contribution in [3.8, 4) is 6.07 Å². The first kappa shape index (κ1) is 8.55. The summed E-state index contributed by atoms with van der Waals surface area (Å²) in [6.07, 6.45) is 2.26. The van der Waals surface area contributed by atoms with Gasteiger partial charge >= 0.3 is 0 Å². The lowest BCUT2D eigenvalue weighted by atomic mass is 10.2. The molecule has 1 fully saturated rings. The molecule has 2 heteroatoms. The van der Waals surface area contributed by atoms with Gasteiger partial charge in [0.25, 0.3) is 0 Å². The van der Waals surface area contributed by atoms with Gasteiger partial charge in [0.05, 0.1) is 12.1 Å². The Kier molecular flexibility index (Phi) is 2.90. The summed E-state index contributed by atoms with van der Waals surface area (Å²) in [4.78, 5) is 0. The number of hydrogen-bond donors (Lipinski definition) is 1. The van der Waals surface area contributed by atoms with Crippen LogP contribution in [0.4, 0.5) is 0 Å². The van der Waals surface area contributed by atoms with Crippen molar-refractivity contribution in [3.63, 3.8) is 0 Å². The molecule has 2 nitrogen and oxygen atoms in total. The van der Waals surface area contributed by atoms with Gasteiger partial charge in [-0.2, -0.15) is 5.26 Å². The molecule has 0 aromatic heterocycles. The van der Waals surface area contributed by atoms with Gasteiger partial charge in [-0.25, -0.2) is 0 Å². The predicted molar refractivity (Wildman–Crippen MR) is 45.0 cm³/mol. The second-order valence-corrected chi connectivity index (χ2v) is 3.47. The van der Waals surface area contributed by atoms with Crippen LogP contribution in [0.15, 0.2) is 0 Å². The number of nitriles is 1. The molecule has 0 spiro atoms. The van der Waals surface area contributed by atoms with Crippen molar-refractivity contribution in [2.45, 2.75) is 32.7 Å². The highest BCUT2D eigenvalue weighted by molar-refractivity contribution is 4.92. The maximum Gasteiger partial charge on any atom is 0.0950 e. The van der Waals surface area contributed by atoms with Gasteiger partial charge in [0, 0.05) is 0 Å². The van der Waals surface area contributed by atoms with Crippen molar-refractivity contribution in [3.05, 3.63) is 0 Å². The minimum Gasteiger partial charge on any atom is -0.302 e. The lowest BCUT2D eigenvalue weighted by Gasteiger charge is -2.07. The topological polar surface area (TPSA) is 35.8 Å². The molecule has 0 aromatic carbocycles. The van der Waals surface area contributed by atoms with Crippen LogP contribution in [-0.2, 0) is 0 Å². The summed E-state index contributed by atoms with van der Waals surface area (Å²) in [6, 6.07) is 2.31. The number of nitrogens with zero attached hydrogens (tertiary/aromatic N) is 1. The predicted octanol–water partition coefficient (Wildman–Crippen LogP) is 1.53. The van der Waals surface area contributed by atoms with Crippen molar-refractivity contribution in [2.75, 3.05) is 6.54 Å². The Labute approximate surface area is 68.6 Å². The Morgan fingerprint density at radius 1 is 1.73 bits per heavy atom. The van der Waals surface area contributed by atoms with Crippen molar-refractivity contribution in [1.82, 2.24) is 5.32 Å². The molecule has 62 valence electrons. The van der Waals surface area contributed by atoms with E-state index in [2.05, 4.69) is 18.3 Å². The lowest BCUT2D eigenvalue weighted by molar-refractivity contribution is 0.547. The van der Waals surface area contributed by atoms with Gasteiger partial charge in [0.2, 0.25) is 0 Å². The monoisotopic (exact) mass is 152 g/mol. The van der Waals surface area contributed by atoms with E-state index < -0.39 is 0 Å². The van der Waals surface area contributed by atoms with Crippen LogP contribution < -0.4 is 5.32 Å². The highest BCUT2D eigenvalue weighted by Crippen LogP contribution is 2.36. The van der Waals surface area contributed by atoms with Gasteiger partial charge < -0.3 is 5.32 Å². The van der Waals surface area contributed by atoms with E-state index in [-0.39, 0.29) is 6.04 Å². The summed E-state index contributed by atoms with van der Waals surface area (Å²) < 4.78 is 0. The molecule has 1 aliphatic carbocycles. The van der Waals surface area contributed by atoms with Crippen LogP contribution in [0.1, 0.15) is 26.7 Å². The van der Waals surface area contributed by atoms with Crippen LogP contribution in [0.3, 0.4) is 0 Å². The standard InChI is InChI=1S/C9H16N2/c1-3-9(5-10)11-6-8-4-7(8)2/h7-9,11H,3-4,6H2,1-2H3. The molecular formula is C9H16N2. The molecule has 0 amide bonds. The van der Waals surface area contributed by atoms with Gasteiger partial charge in [-0.05, 0) is 31.2 Å². The molecule has 0 aromatic rings. The molecule has 0 aliphatic heterocycles. The molecule has 0 radical (unpaired) electrons. The Bertz CT molecular complexity index is 159. The molecule has 1 saturated carbocycles. The number of nitrogens with one attached hydrogen (secondary N) is 1. The van der Waals surface area contributed by atoms with Crippen molar-refractivity contribution < 1.29 is 0 Å². The van der Waals surface area contributed by atoms with E-state index in [0.717, 1.165) is 24.8 Å². The van der Waals surface area contributed by atoms with E-state index in [1.54, 1.807) is 0 Å². The van der Waals surface area contributed by atoms with Gasteiger partial charge in [-0.3, -0.25) is 0 Å². The van der Waals surface area contributed by atoms with Crippen molar-refractivity contribution in [2.24, 2.45) is 11.8 Å². The minimum atomic E-state index is 0.0720. The first-order valence-electron chi connectivity index (χ1n) is 4.41. The van der Waals surface area contributed by atoms with Crippen LogP contribution in [0.25, 0.3) is 0 Å². The van der Waals surface area contributed by atoms with E-state index in [1.165, 1.54) is 6.42 Å². The largest absolute Gasteiger partial charge is 0.302 e. The summed E-state index contributed by atoms with van der Waals surface area (Å²) in [7, 11) is 0. The van der Waals surface area contributed by atoms with Gasteiger partial charge in [-0.1, -0.05) is 13.8 Å². The van der Waals surface area contributed by atoms with Gasteiger partial charge in [0.15, 0.2) is 0 Å². The molecule has 3 unspecified atom stereocenters. The number of hydrogen-bond acceptors (Lipinski definition) is 2. The summed E-state index contributed by atoms with van der Waals surface area (Å²) in [6.45, 7) is 5.34. The first-order chi connectivity index (χ1) is 5.27. The summed E-state index contributed by atoms with van der Waals surface area (Å²) >= 11 is 0. The molecule has 0 saturated heterocycles. The fourth-order valence-corrected chi connectivity index (χ4v) is 1.26. The van der Waals surface area contributed by atoms with Crippen LogP contribution in [-0.4, -0.2) is 12.6 Å². The summed E-state index contributed by atoms with van der Waals surface area (Å²) in [5.74, 6) is 1.73. The molecule has 1 aliphatic rings. The Morgan fingerprint density at radius 3 is 2.73 bits per heavy atom. The molecular weight excluding hydrogens is 136 g/mol. The van der Waals surface area contributed by atoms with Crippen LogP contribution in [0, 0.1) is 23.2 Å². The van der Waals surface area contributed by atoms with Crippen LogP contribution >= 0.6 is 0 Å². The molecule has 3 atom stereocenters. The normalized spacial score (nSPS) is 31.0. The first-order valence-corrected chi connectivity index (χ1v) is 4.41.